The first-order valence-corrected chi connectivity index (χ1v) is 23.4. The van der Waals surface area contributed by atoms with Gasteiger partial charge in [0.1, 0.15) is 0 Å². The molecule has 0 unspecified atom stereocenters. The van der Waals surface area contributed by atoms with Gasteiger partial charge in [0.05, 0.1) is 5.41 Å². The second kappa shape index (κ2) is 16.0. The average Bonchev–Trinajstić information content (AvgIpc) is 3.70. The molecule has 0 amide bonds. The van der Waals surface area contributed by atoms with Gasteiger partial charge in [0.25, 0.3) is 0 Å². The fourth-order valence-corrected chi connectivity index (χ4v) is 11.2. The highest BCUT2D eigenvalue weighted by Crippen LogP contribution is 2.62. The van der Waals surface area contributed by atoms with E-state index in [1.54, 1.807) is 0 Å². The molecular weight excluding hydrogens is 809 g/mol. The molecule has 0 saturated carbocycles. The minimum Gasteiger partial charge on any atom is -0.310 e. The summed E-state index contributed by atoms with van der Waals surface area (Å²) in [4.78, 5) is 4.85. The predicted molar refractivity (Wildman–Crippen MR) is 285 cm³/mol. The van der Waals surface area contributed by atoms with Crippen LogP contribution in [0.4, 0.5) is 34.1 Å². The molecule has 0 heterocycles. The Morgan fingerprint density at radius 3 is 1.34 bits per heavy atom. The van der Waals surface area contributed by atoms with Crippen LogP contribution < -0.4 is 9.80 Å². The average molecular weight is 859 g/mol. The number of hydrogen-bond acceptors (Lipinski definition) is 2. The van der Waals surface area contributed by atoms with Gasteiger partial charge < -0.3 is 9.80 Å². The van der Waals surface area contributed by atoms with Crippen molar-refractivity contribution in [3.8, 4) is 11.1 Å². The molecule has 0 spiro atoms. The number of nitrogens with zero attached hydrogens (tertiary/aromatic N) is 2. The van der Waals surface area contributed by atoms with Gasteiger partial charge in [-0.2, -0.15) is 0 Å². The molecule has 0 radical (unpaired) electrons. The van der Waals surface area contributed by atoms with Crippen LogP contribution in [0.3, 0.4) is 0 Å². The molecule has 11 aromatic rings. The van der Waals surface area contributed by atoms with Crippen LogP contribution >= 0.6 is 0 Å². The summed E-state index contributed by atoms with van der Waals surface area (Å²) in [5, 5.41) is 7.45. The van der Waals surface area contributed by atoms with Crippen LogP contribution in [-0.2, 0) is 5.41 Å². The molecular formula is C65H50N2. The van der Waals surface area contributed by atoms with E-state index >= 15 is 0 Å². The van der Waals surface area contributed by atoms with Gasteiger partial charge in [-0.25, -0.2) is 0 Å². The lowest BCUT2D eigenvalue weighted by atomic mass is 9.65. The lowest BCUT2D eigenvalue weighted by Crippen LogP contribution is -2.29. The van der Waals surface area contributed by atoms with Crippen LogP contribution in [0.15, 0.2) is 231 Å². The SMILES string of the molecule is Cc1ccc(C)c(N(c2ccccc2)c2ccc3c4c(ccc3c2)-c2c(c3ccc(N(c5ccccc5)c5cc(C)ccc5C)cc3c3ccccc23)C4(c2ccccc2)c2ccccc2)c1. The van der Waals surface area contributed by atoms with Gasteiger partial charge in [0.15, 0.2) is 0 Å². The zero-order valence-electron chi connectivity index (χ0n) is 38.3. The van der Waals surface area contributed by atoms with Crippen molar-refractivity contribution in [1.82, 2.24) is 0 Å². The third-order valence-corrected chi connectivity index (χ3v) is 14.2. The van der Waals surface area contributed by atoms with E-state index in [0.29, 0.717) is 0 Å². The first-order valence-electron chi connectivity index (χ1n) is 23.4. The second-order valence-corrected chi connectivity index (χ2v) is 18.3. The van der Waals surface area contributed by atoms with Gasteiger partial charge in [0, 0.05) is 34.1 Å². The molecule has 1 aliphatic rings. The fraction of sp³-hybridized carbons (Fsp3) is 0.0769. The number of anilines is 6. The van der Waals surface area contributed by atoms with E-state index in [1.807, 2.05) is 0 Å². The highest BCUT2D eigenvalue weighted by Gasteiger charge is 2.49. The Labute approximate surface area is 393 Å². The minimum absolute atomic E-state index is 0.656. The smallest absolute Gasteiger partial charge is 0.0725 e. The van der Waals surface area contributed by atoms with Crippen LogP contribution in [-0.4, -0.2) is 0 Å². The lowest BCUT2D eigenvalue weighted by Gasteiger charge is -2.36. The molecule has 0 atom stereocenters. The highest BCUT2D eigenvalue weighted by atomic mass is 15.1. The number of benzene rings is 11. The van der Waals surface area contributed by atoms with Gasteiger partial charge in [-0.15, -0.1) is 0 Å². The molecule has 0 aliphatic heterocycles. The lowest BCUT2D eigenvalue weighted by molar-refractivity contribution is 0.783. The Morgan fingerprint density at radius 2 is 0.791 bits per heavy atom. The Kier molecular flexibility index (Phi) is 9.66. The van der Waals surface area contributed by atoms with Gasteiger partial charge in [-0.05, 0) is 176 Å². The van der Waals surface area contributed by atoms with Crippen LogP contribution in [0.2, 0.25) is 0 Å². The molecule has 12 rings (SSSR count). The normalized spacial score (nSPS) is 12.6. The van der Waals surface area contributed by atoms with Crippen LogP contribution in [0.5, 0.6) is 0 Å². The molecule has 2 nitrogen and oxygen atoms in total. The number of hydrogen-bond donors (Lipinski definition) is 0. The first kappa shape index (κ1) is 40.3. The van der Waals surface area contributed by atoms with Crippen molar-refractivity contribution >= 4 is 66.4 Å². The van der Waals surface area contributed by atoms with Gasteiger partial charge in [-0.1, -0.05) is 170 Å². The van der Waals surface area contributed by atoms with Crippen molar-refractivity contribution in [3.05, 3.63) is 275 Å². The summed E-state index contributed by atoms with van der Waals surface area (Å²) >= 11 is 0. The summed E-state index contributed by atoms with van der Waals surface area (Å²) in [6, 6.07) is 85.9. The Morgan fingerprint density at radius 1 is 0.313 bits per heavy atom. The minimum atomic E-state index is -0.656. The topological polar surface area (TPSA) is 6.48 Å². The summed E-state index contributed by atoms with van der Waals surface area (Å²) in [6.45, 7) is 8.79. The van der Waals surface area contributed by atoms with E-state index in [1.165, 1.54) is 99.3 Å². The quantitative estimate of drug-likeness (QED) is 0.141. The van der Waals surface area contributed by atoms with E-state index in [2.05, 4.69) is 268 Å². The molecule has 0 N–H and O–H groups in total. The first-order chi connectivity index (χ1) is 32.9. The second-order valence-electron chi connectivity index (χ2n) is 18.3. The van der Waals surface area contributed by atoms with Crippen molar-refractivity contribution in [2.24, 2.45) is 0 Å². The predicted octanol–water partition coefficient (Wildman–Crippen LogP) is 17.7. The number of para-hydroxylation sites is 2. The number of rotatable bonds is 8. The molecule has 0 fully saturated rings. The Hall–Kier alpha value is -8.20. The van der Waals surface area contributed by atoms with Crippen LogP contribution in [0.25, 0.3) is 43.4 Å². The van der Waals surface area contributed by atoms with Crippen LogP contribution in [0, 0.1) is 27.7 Å². The molecule has 0 saturated heterocycles. The highest BCUT2D eigenvalue weighted by molar-refractivity contribution is 6.21. The Balaban J connectivity index is 1.18. The maximum atomic E-state index is 2.45. The van der Waals surface area contributed by atoms with Crippen molar-refractivity contribution in [1.29, 1.82) is 0 Å². The number of fused-ring (bicyclic) bond motifs is 10. The third kappa shape index (κ3) is 6.39. The molecule has 1 aliphatic carbocycles. The zero-order chi connectivity index (χ0) is 45.2. The standard InChI is InChI=1S/C65H50N2/c1-43-29-31-45(3)60(39-43)66(50-23-13-7-14-24-50)52-34-37-54-47(41-52)33-36-58-62-56-28-18-17-27-55(56)59-42-53(67(51-25-15-8-16-26-51)61-40-44(2)30-32-46(61)4)35-38-57(59)64(62)65(63(54)58,48-19-9-5-10-20-48)49-21-11-6-12-22-49/h5-42H,1-4H3. The molecule has 2 heteroatoms. The van der Waals surface area contributed by atoms with E-state index in [0.717, 1.165) is 22.7 Å². The summed E-state index contributed by atoms with van der Waals surface area (Å²) in [6.07, 6.45) is 0. The van der Waals surface area contributed by atoms with Crippen molar-refractivity contribution < 1.29 is 0 Å². The Bertz CT molecular complexity index is 3630. The van der Waals surface area contributed by atoms with E-state index in [4.69, 9.17) is 0 Å². The monoisotopic (exact) mass is 858 g/mol. The maximum Gasteiger partial charge on any atom is 0.0725 e. The zero-order valence-corrected chi connectivity index (χ0v) is 38.3. The fourth-order valence-electron chi connectivity index (χ4n) is 11.2. The molecule has 11 aromatic carbocycles. The van der Waals surface area contributed by atoms with Crippen molar-refractivity contribution in [2.75, 3.05) is 9.80 Å². The molecule has 320 valence electrons. The molecule has 0 bridgehead atoms. The van der Waals surface area contributed by atoms with E-state index < -0.39 is 5.41 Å². The van der Waals surface area contributed by atoms with Gasteiger partial charge in [-0.3, -0.25) is 0 Å². The largest absolute Gasteiger partial charge is 0.310 e. The van der Waals surface area contributed by atoms with Crippen LogP contribution in [0.1, 0.15) is 44.5 Å². The summed E-state index contributed by atoms with van der Waals surface area (Å²) in [7, 11) is 0. The van der Waals surface area contributed by atoms with Crippen molar-refractivity contribution in [2.45, 2.75) is 33.1 Å². The van der Waals surface area contributed by atoms with E-state index in [9.17, 15) is 0 Å². The van der Waals surface area contributed by atoms with Gasteiger partial charge >= 0.3 is 0 Å². The molecule has 0 aromatic heterocycles. The molecule has 67 heavy (non-hydrogen) atoms. The van der Waals surface area contributed by atoms with Gasteiger partial charge in [0.2, 0.25) is 0 Å². The maximum absolute atomic E-state index is 2.45. The van der Waals surface area contributed by atoms with E-state index in [-0.39, 0.29) is 0 Å². The summed E-state index contributed by atoms with van der Waals surface area (Å²) < 4.78 is 0. The summed E-state index contributed by atoms with van der Waals surface area (Å²) in [5.41, 5.74) is 18.9. The summed E-state index contributed by atoms with van der Waals surface area (Å²) in [5.74, 6) is 0. The third-order valence-electron chi connectivity index (χ3n) is 14.2. The number of aryl methyl sites for hydroxylation is 4. The van der Waals surface area contributed by atoms with Crippen molar-refractivity contribution in [3.63, 3.8) is 0 Å².